The first-order valence-corrected chi connectivity index (χ1v) is 11.3. The molecule has 2 aromatic carbocycles. The average molecular weight is 453 g/mol. The minimum absolute atomic E-state index is 0.00334. The first kappa shape index (κ1) is 23.9. The summed E-state index contributed by atoms with van der Waals surface area (Å²) in [5.74, 6) is -1.33. The van der Waals surface area contributed by atoms with Gasteiger partial charge in [-0.05, 0) is 44.2 Å². The van der Waals surface area contributed by atoms with E-state index in [4.69, 9.17) is 16.3 Å². The molecule has 0 aliphatic heterocycles. The number of nitrogens with zero attached hydrogens (tertiary/aromatic N) is 1. The van der Waals surface area contributed by atoms with Crippen molar-refractivity contribution in [2.45, 2.75) is 38.7 Å². The van der Waals surface area contributed by atoms with Gasteiger partial charge in [-0.3, -0.25) is 4.79 Å². The van der Waals surface area contributed by atoms with Gasteiger partial charge in [-0.15, -0.1) is 0 Å². The van der Waals surface area contributed by atoms with Gasteiger partial charge in [-0.2, -0.15) is 4.31 Å². The van der Waals surface area contributed by atoms with Crippen LogP contribution in [0.3, 0.4) is 0 Å². The fourth-order valence-electron chi connectivity index (χ4n) is 2.69. The lowest BCUT2D eigenvalue weighted by atomic mass is 10.2. The van der Waals surface area contributed by atoms with E-state index in [1.165, 1.54) is 29.4 Å². The molecule has 9 heteroatoms. The Morgan fingerprint density at radius 1 is 1.10 bits per heavy atom. The highest BCUT2D eigenvalue weighted by atomic mass is 35.5. The van der Waals surface area contributed by atoms with E-state index in [-0.39, 0.29) is 28.6 Å². The Labute approximate surface area is 182 Å². The predicted octanol–water partition coefficient (Wildman–Crippen LogP) is 3.86. The second-order valence-corrected chi connectivity index (χ2v) is 8.95. The summed E-state index contributed by atoms with van der Waals surface area (Å²) in [4.78, 5) is 24.6. The lowest BCUT2D eigenvalue weighted by Crippen LogP contribution is -2.31. The number of halogens is 1. The number of aryl methyl sites for hydroxylation is 1. The third-order valence-electron chi connectivity index (χ3n) is 4.46. The maximum atomic E-state index is 12.8. The molecule has 0 unspecified atom stereocenters. The van der Waals surface area contributed by atoms with Crippen molar-refractivity contribution < 1.29 is 22.7 Å². The Balaban J connectivity index is 2.16. The summed E-state index contributed by atoms with van der Waals surface area (Å²) < 4.78 is 32.0. The maximum absolute atomic E-state index is 12.8. The molecule has 2 aromatic rings. The first-order valence-electron chi connectivity index (χ1n) is 9.48. The van der Waals surface area contributed by atoms with Gasteiger partial charge < -0.3 is 10.1 Å². The van der Waals surface area contributed by atoms with Crippen molar-refractivity contribution in [1.29, 1.82) is 0 Å². The standard InChI is InChI=1S/C21H25ClN2O5S/c1-5-24(6-2)30(27,28)19-13-16(9-12-18(19)22)21(26)29-15(4)20(25)23-17-10-7-14(3)8-11-17/h7-13,15H,5-6H2,1-4H3,(H,23,25)/t15-/m0/s1. The lowest BCUT2D eigenvalue weighted by molar-refractivity contribution is -0.123. The number of hydrogen-bond acceptors (Lipinski definition) is 5. The molecule has 0 aliphatic rings. The summed E-state index contributed by atoms with van der Waals surface area (Å²) in [5, 5.41) is 2.66. The smallest absolute Gasteiger partial charge is 0.338 e. The number of hydrogen-bond donors (Lipinski definition) is 1. The Morgan fingerprint density at radius 3 is 2.27 bits per heavy atom. The Kier molecular flexibility index (Phi) is 8.00. The Bertz CT molecular complexity index is 1020. The fraction of sp³-hybridized carbons (Fsp3) is 0.333. The average Bonchev–Trinajstić information content (AvgIpc) is 2.70. The van der Waals surface area contributed by atoms with Gasteiger partial charge in [-0.25, -0.2) is 13.2 Å². The molecule has 1 amide bonds. The summed E-state index contributed by atoms with van der Waals surface area (Å²) in [6.07, 6.45) is -1.09. The number of nitrogens with one attached hydrogen (secondary N) is 1. The summed E-state index contributed by atoms with van der Waals surface area (Å²) >= 11 is 6.08. The molecule has 1 atom stereocenters. The second-order valence-electron chi connectivity index (χ2n) is 6.64. The molecular weight excluding hydrogens is 428 g/mol. The molecule has 0 saturated heterocycles. The van der Waals surface area contributed by atoms with Crippen LogP contribution < -0.4 is 5.32 Å². The molecule has 0 radical (unpaired) electrons. The van der Waals surface area contributed by atoms with E-state index in [1.54, 1.807) is 26.0 Å². The third-order valence-corrected chi connectivity index (χ3v) is 6.99. The van der Waals surface area contributed by atoms with Gasteiger partial charge >= 0.3 is 5.97 Å². The fourth-order valence-corrected chi connectivity index (χ4v) is 4.65. The van der Waals surface area contributed by atoms with Crippen LogP contribution in [-0.4, -0.2) is 43.8 Å². The van der Waals surface area contributed by atoms with E-state index in [0.29, 0.717) is 5.69 Å². The summed E-state index contributed by atoms with van der Waals surface area (Å²) in [6.45, 7) is 7.31. The molecule has 30 heavy (non-hydrogen) atoms. The quantitative estimate of drug-likeness (QED) is 0.614. The molecule has 0 bridgehead atoms. The minimum Gasteiger partial charge on any atom is -0.449 e. The maximum Gasteiger partial charge on any atom is 0.338 e. The van der Waals surface area contributed by atoms with Crippen molar-refractivity contribution in [3.8, 4) is 0 Å². The van der Waals surface area contributed by atoms with E-state index in [9.17, 15) is 18.0 Å². The van der Waals surface area contributed by atoms with Crippen LogP contribution in [0.15, 0.2) is 47.4 Å². The molecule has 0 heterocycles. The number of benzene rings is 2. The van der Waals surface area contributed by atoms with Gasteiger partial charge in [0.1, 0.15) is 4.90 Å². The molecule has 0 aliphatic carbocycles. The number of amides is 1. The van der Waals surface area contributed by atoms with Crippen molar-refractivity contribution in [1.82, 2.24) is 4.31 Å². The van der Waals surface area contributed by atoms with E-state index in [1.807, 2.05) is 19.1 Å². The van der Waals surface area contributed by atoms with E-state index in [0.717, 1.165) is 5.56 Å². The van der Waals surface area contributed by atoms with Crippen molar-refractivity contribution in [3.63, 3.8) is 0 Å². The molecule has 0 fully saturated rings. The molecule has 162 valence electrons. The zero-order valence-electron chi connectivity index (χ0n) is 17.3. The number of esters is 1. The number of carbonyl (C=O) groups excluding carboxylic acids is 2. The number of ether oxygens (including phenoxy) is 1. The van der Waals surface area contributed by atoms with Crippen molar-refractivity contribution in [2.75, 3.05) is 18.4 Å². The molecule has 0 saturated carbocycles. The zero-order valence-corrected chi connectivity index (χ0v) is 18.9. The van der Waals surface area contributed by atoms with Gasteiger partial charge in [-0.1, -0.05) is 43.1 Å². The van der Waals surface area contributed by atoms with Crippen LogP contribution in [0.5, 0.6) is 0 Å². The zero-order chi connectivity index (χ0) is 22.5. The number of rotatable bonds is 8. The highest BCUT2D eigenvalue weighted by Gasteiger charge is 2.27. The first-order chi connectivity index (χ1) is 14.1. The van der Waals surface area contributed by atoms with Crippen molar-refractivity contribution >= 4 is 39.2 Å². The van der Waals surface area contributed by atoms with Gasteiger partial charge in [0.15, 0.2) is 6.10 Å². The SMILES string of the molecule is CCN(CC)S(=O)(=O)c1cc(C(=O)O[C@@H](C)C(=O)Nc2ccc(C)cc2)ccc1Cl. The van der Waals surface area contributed by atoms with Gasteiger partial charge in [0.25, 0.3) is 5.91 Å². The molecule has 7 nitrogen and oxygen atoms in total. The summed E-state index contributed by atoms with van der Waals surface area (Å²) in [7, 11) is -3.86. The number of carbonyl (C=O) groups is 2. The summed E-state index contributed by atoms with van der Waals surface area (Å²) in [5.41, 5.74) is 1.61. The van der Waals surface area contributed by atoms with E-state index >= 15 is 0 Å². The van der Waals surface area contributed by atoms with Crippen LogP contribution in [-0.2, 0) is 19.6 Å². The number of anilines is 1. The van der Waals surface area contributed by atoms with Crippen LogP contribution in [0.2, 0.25) is 5.02 Å². The highest BCUT2D eigenvalue weighted by Crippen LogP contribution is 2.26. The normalized spacial score (nSPS) is 12.5. The Morgan fingerprint density at radius 2 is 1.70 bits per heavy atom. The van der Waals surface area contributed by atoms with Crippen LogP contribution in [0.4, 0.5) is 5.69 Å². The molecule has 2 rings (SSSR count). The molecule has 0 aromatic heterocycles. The topological polar surface area (TPSA) is 92.8 Å². The monoisotopic (exact) mass is 452 g/mol. The van der Waals surface area contributed by atoms with Crippen molar-refractivity contribution in [3.05, 3.63) is 58.6 Å². The van der Waals surface area contributed by atoms with Gasteiger partial charge in [0.2, 0.25) is 10.0 Å². The van der Waals surface area contributed by atoms with E-state index < -0.39 is 28.0 Å². The third kappa shape index (κ3) is 5.59. The van der Waals surface area contributed by atoms with Crippen LogP contribution in [0.25, 0.3) is 0 Å². The molecule has 1 N–H and O–H groups in total. The predicted molar refractivity (Wildman–Crippen MR) is 116 cm³/mol. The Hall–Kier alpha value is -2.42. The molecular formula is C21H25ClN2O5S. The van der Waals surface area contributed by atoms with Crippen LogP contribution in [0.1, 0.15) is 36.7 Å². The summed E-state index contributed by atoms with van der Waals surface area (Å²) in [6, 6.07) is 11.0. The lowest BCUT2D eigenvalue weighted by Gasteiger charge is -2.20. The minimum atomic E-state index is -3.86. The van der Waals surface area contributed by atoms with Crippen molar-refractivity contribution in [2.24, 2.45) is 0 Å². The van der Waals surface area contributed by atoms with Gasteiger partial charge in [0.05, 0.1) is 10.6 Å². The van der Waals surface area contributed by atoms with Crippen LogP contribution in [0, 0.1) is 6.92 Å². The highest BCUT2D eigenvalue weighted by molar-refractivity contribution is 7.89. The van der Waals surface area contributed by atoms with Crippen LogP contribution >= 0.6 is 11.6 Å². The second kappa shape index (κ2) is 10.1. The van der Waals surface area contributed by atoms with E-state index in [2.05, 4.69) is 5.32 Å². The largest absolute Gasteiger partial charge is 0.449 e. The molecule has 0 spiro atoms. The number of sulfonamides is 1. The van der Waals surface area contributed by atoms with Gasteiger partial charge in [0, 0.05) is 18.8 Å².